The second kappa shape index (κ2) is 17.8. The average molecular weight is 485 g/mol. The van der Waals surface area contributed by atoms with E-state index >= 15 is 0 Å². The maximum atomic E-state index is 5.96. The van der Waals surface area contributed by atoms with Crippen LogP contribution in [0, 0.1) is 5.41 Å². The van der Waals surface area contributed by atoms with E-state index in [1.165, 1.54) is 0 Å². The summed E-state index contributed by atoms with van der Waals surface area (Å²) in [6.07, 6.45) is 1.96. The number of rotatable bonds is 11. The van der Waals surface area contributed by atoms with E-state index < -0.39 is 0 Å². The monoisotopic (exact) mass is 484 g/mol. The molecule has 0 saturated heterocycles. The van der Waals surface area contributed by atoms with Crippen molar-refractivity contribution < 1.29 is 63.9 Å². The van der Waals surface area contributed by atoms with E-state index in [4.69, 9.17) is 54.4 Å². The molecule has 1 atom stereocenters. The first-order chi connectivity index (χ1) is 11.4. The molecule has 0 heterocycles. The van der Waals surface area contributed by atoms with Crippen molar-refractivity contribution in [2.45, 2.75) is 39.3 Å². The fourth-order valence-electron chi connectivity index (χ4n) is 2.30. The molecule has 0 bridgehead atoms. The molecule has 1 unspecified atom stereocenters. The predicted molar refractivity (Wildman–Crippen MR) is 126 cm³/mol. The third-order valence-electron chi connectivity index (χ3n) is 3.58. The zero-order valence-corrected chi connectivity index (χ0v) is 26.1. The molecule has 146 valence electrons. The molecule has 0 aliphatic carbocycles. The molecule has 0 rings (SSSR count). The van der Waals surface area contributed by atoms with Crippen LogP contribution in [0.5, 0.6) is 0 Å². The van der Waals surface area contributed by atoms with Crippen LogP contribution in [0.3, 0.4) is 0 Å². The van der Waals surface area contributed by atoms with E-state index in [1.54, 1.807) is 0 Å². The molecule has 27 heavy (non-hydrogen) atoms. The number of hydrogen-bond acceptors (Lipinski definition) is 5. The number of nitrogens with zero attached hydrogens (tertiary/aromatic N) is 1. The van der Waals surface area contributed by atoms with Crippen molar-refractivity contribution in [3.63, 3.8) is 0 Å². The Morgan fingerprint density at radius 1 is 1.19 bits per heavy atom. The maximum absolute atomic E-state index is 5.96. The van der Waals surface area contributed by atoms with Gasteiger partial charge in [-0.3, -0.25) is 0 Å². The van der Waals surface area contributed by atoms with Gasteiger partial charge in [-0.05, 0) is 31.6 Å². The first-order valence-corrected chi connectivity index (χ1v) is 12.3. The Kier molecular flexibility index (Phi) is 22.3. The summed E-state index contributed by atoms with van der Waals surface area (Å²) >= 11 is 20.0. The van der Waals surface area contributed by atoms with Gasteiger partial charge in [0.25, 0.3) is 0 Å². The van der Waals surface area contributed by atoms with Gasteiger partial charge in [-0.1, -0.05) is 36.0 Å². The van der Waals surface area contributed by atoms with Gasteiger partial charge in [0.2, 0.25) is 0 Å². The summed E-state index contributed by atoms with van der Waals surface area (Å²) in [4.78, 5) is 1.98. The summed E-state index contributed by atoms with van der Waals surface area (Å²) in [6.45, 7) is 18.2. The van der Waals surface area contributed by atoms with Gasteiger partial charge in [-0.15, -0.1) is 7.92 Å². The van der Waals surface area contributed by atoms with Crippen molar-refractivity contribution in [3.05, 3.63) is 12.3 Å². The van der Waals surface area contributed by atoms with Crippen molar-refractivity contribution in [1.82, 2.24) is 10.2 Å². The molecule has 3 nitrogen and oxygen atoms in total. The van der Waals surface area contributed by atoms with E-state index in [0.29, 0.717) is 27.5 Å². The molecular weight excluding hydrogens is 453 g/mol. The van der Waals surface area contributed by atoms with Gasteiger partial charge < -0.3 is 64.6 Å². The Labute approximate surface area is 234 Å². The standard InChI is InChI=1S/C17H33N2OPS4.2Na/c1-13(14(21(5)6)12-17(2,3)4)20-11-10-19(16(24)25)9-7-8-18-15(22)23;;/h14H,1,7-12H2,2-6H3,(H,24,25)(H2,18,22,23);;/q;2*+1/p-2. The van der Waals surface area contributed by atoms with Crippen LogP contribution in [0.4, 0.5) is 0 Å². The maximum Gasteiger partial charge on any atom is 1.00 e. The summed E-state index contributed by atoms with van der Waals surface area (Å²) in [5, 5.41) is 2.96. The topological polar surface area (TPSA) is 24.5 Å². The number of allylic oxidation sites excluding steroid dienone is 1. The number of hydrogen-bond donors (Lipinski definition) is 1. The Morgan fingerprint density at radius 2 is 1.74 bits per heavy atom. The first kappa shape index (κ1) is 33.8. The van der Waals surface area contributed by atoms with Gasteiger partial charge in [0.1, 0.15) is 6.61 Å². The van der Waals surface area contributed by atoms with Crippen molar-refractivity contribution in [3.8, 4) is 0 Å². The van der Waals surface area contributed by atoms with E-state index in [-0.39, 0.29) is 72.5 Å². The van der Waals surface area contributed by atoms with Crippen LogP contribution < -0.4 is 64.4 Å². The minimum atomic E-state index is -0.145. The van der Waals surface area contributed by atoms with Crippen LogP contribution in [-0.4, -0.2) is 58.8 Å². The molecule has 0 amide bonds. The molecule has 0 saturated carbocycles. The summed E-state index contributed by atoms with van der Waals surface area (Å²) < 4.78 is 6.82. The smallest absolute Gasteiger partial charge is 0.496 e. The molecular formula is C17H31N2Na2OPS4. The molecule has 0 aromatic carbocycles. The van der Waals surface area contributed by atoms with Crippen molar-refractivity contribution in [1.29, 1.82) is 0 Å². The summed E-state index contributed by atoms with van der Waals surface area (Å²) in [7, 11) is -0.145. The zero-order chi connectivity index (χ0) is 19.6. The minimum Gasteiger partial charge on any atom is -0.496 e. The van der Waals surface area contributed by atoms with E-state index in [0.717, 1.165) is 31.7 Å². The molecule has 0 aliphatic rings. The summed E-state index contributed by atoms with van der Waals surface area (Å²) in [5.74, 6) is 0.888. The summed E-state index contributed by atoms with van der Waals surface area (Å²) in [5.41, 5.74) is 0.673. The van der Waals surface area contributed by atoms with Crippen LogP contribution in [0.1, 0.15) is 33.6 Å². The molecule has 10 heteroatoms. The molecule has 0 fully saturated rings. The Morgan fingerprint density at radius 3 is 2.15 bits per heavy atom. The van der Waals surface area contributed by atoms with Crippen molar-refractivity contribution >= 4 is 66.3 Å². The number of nitrogens with one attached hydrogen (secondary N) is 1. The van der Waals surface area contributed by atoms with Crippen molar-refractivity contribution in [2.24, 2.45) is 5.41 Å². The Balaban J connectivity index is -0.00000288. The van der Waals surface area contributed by atoms with E-state index in [2.05, 4.69) is 46.0 Å². The normalized spacial score (nSPS) is 11.6. The molecule has 1 N–H and O–H groups in total. The second-order valence-corrected chi connectivity index (χ2v) is 12.0. The van der Waals surface area contributed by atoms with Gasteiger partial charge in [0.05, 0.1) is 12.3 Å². The molecule has 0 radical (unpaired) electrons. The fourth-order valence-corrected chi connectivity index (χ4v) is 4.43. The van der Waals surface area contributed by atoms with Gasteiger partial charge in [0.15, 0.2) is 0 Å². The Bertz CT molecular complexity index is 463. The molecule has 0 aliphatic heterocycles. The number of thiocarbonyl (C=S) groups is 2. The van der Waals surface area contributed by atoms with E-state index in [1.807, 2.05) is 4.90 Å². The summed E-state index contributed by atoms with van der Waals surface area (Å²) in [6, 6.07) is 0. The first-order valence-electron chi connectivity index (χ1n) is 8.33. The molecule has 0 spiro atoms. The van der Waals surface area contributed by atoms with Gasteiger partial charge in [-0.2, -0.15) is 0 Å². The van der Waals surface area contributed by atoms with Crippen LogP contribution >= 0.6 is 32.4 Å². The number of ether oxygens (including phenoxy) is 1. The van der Waals surface area contributed by atoms with E-state index in [9.17, 15) is 0 Å². The largest absolute Gasteiger partial charge is 1.00 e. The van der Waals surface area contributed by atoms with Gasteiger partial charge in [-0.25, -0.2) is 0 Å². The SMILES string of the molecule is C=C(OCCN(CCCNC(=S)[S-])C(=S)[S-])C(CC(C)(C)C)P(C)C.[Na+].[Na+]. The van der Waals surface area contributed by atoms with Crippen molar-refractivity contribution in [2.75, 3.05) is 39.6 Å². The van der Waals surface area contributed by atoms with Crippen LogP contribution in [-0.2, 0) is 30.0 Å². The average Bonchev–Trinajstić information content (AvgIpc) is 2.45. The second-order valence-electron chi connectivity index (χ2n) is 7.38. The van der Waals surface area contributed by atoms with Gasteiger partial charge in [0, 0.05) is 18.7 Å². The Hall–Kier alpha value is 2.19. The van der Waals surface area contributed by atoms with Crippen LogP contribution in [0.25, 0.3) is 0 Å². The van der Waals surface area contributed by atoms with Crippen LogP contribution in [0.2, 0.25) is 0 Å². The quantitative estimate of drug-likeness (QED) is 0.0906. The molecule has 0 aromatic rings. The predicted octanol–water partition coefficient (Wildman–Crippen LogP) is -1.98. The minimum absolute atomic E-state index is 0. The fraction of sp³-hybridized carbons (Fsp3) is 0.765. The van der Waals surface area contributed by atoms with Crippen LogP contribution in [0.15, 0.2) is 12.3 Å². The third kappa shape index (κ3) is 18.7. The third-order valence-corrected chi connectivity index (χ3v) is 6.10. The zero-order valence-electron chi connectivity index (χ0n) is 18.0. The molecule has 0 aromatic heterocycles. The van der Waals surface area contributed by atoms with Gasteiger partial charge >= 0.3 is 59.1 Å².